The van der Waals surface area contributed by atoms with Crippen LogP contribution in [-0.2, 0) is 0 Å². The summed E-state index contributed by atoms with van der Waals surface area (Å²) in [5.74, 6) is 0. The minimum Gasteiger partial charge on any atom is -0.314 e. The average Bonchev–Trinajstić information content (AvgIpc) is 2.42. The van der Waals surface area contributed by atoms with Crippen LogP contribution in [0.3, 0.4) is 0 Å². The topological polar surface area (TPSA) is 12.0 Å². The fraction of sp³-hybridized carbons (Fsp3) is 1.00. The lowest BCUT2D eigenvalue weighted by Crippen LogP contribution is -2.33. The number of nitrogens with one attached hydrogen (secondary N) is 1. The maximum absolute atomic E-state index is 3.65. The predicted octanol–water partition coefficient (Wildman–Crippen LogP) is 5.44. The van der Waals surface area contributed by atoms with Gasteiger partial charge in [-0.3, -0.25) is 0 Å². The van der Waals surface area contributed by atoms with E-state index in [1.165, 1.54) is 96.4 Å². The number of hydrogen-bond donors (Lipinski definition) is 1. The molecule has 1 saturated heterocycles. The van der Waals surface area contributed by atoms with Crippen LogP contribution in [0.1, 0.15) is 96.8 Å². The fourth-order valence-corrected chi connectivity index (χ4v) is 3.05. The first-order valence-corrected chi connectivity index (χ1v) is 8.67. The van der Waals surface area contributed by atoms with Crippen LogP contribution < -0.4 is 5.32 Å². The van der Waals surface area contributed by atoms with Crippen LogP contribution in [0.25, 0.3) is 0 Å². The van der Waals surface area contributed by atoms with Gasteiger partial charge < -0.3 is 5.32 Å². The van der Waals surface area contributed by atoms with Gasteiger partial charge in [-0.2, -0.15) is 0 Å². The molecule has 18 heavy (non-hydrogen) atoms. The third-order valence-corrected chi connectivity index (χ3v) is 4.32. The van der Waals surface area contributed by atoms with Gasteiger partial charge in [0, 0.05) is 6.04 Å². The zero-order chi connectivity index (χ0) is 12.9. The van der Waals surface area contributed by atoms with Gasteiger partial charge in [0.25, 0.3) is 0 Å². The Morgan fingerprint density at radius 3 is 1.94 bits per heavy atom. The molecule has 1 nitrogen and oxygen atoms in total. The standard InChI is InChI=1S/C17H35N/c1-2-3-4-5-6-7-8-9-10-11-14-17-15-12-13-16-18-17/h17-18H,2-16H2,1H3. The lowest BCUT2D eigenvalue weighted by molar-refractivity contribution is 0.370. The smallest absolute Gasteiger partial charge is 0.00670 e. The summed E-state index contributed by atoms with van der Waals surface area (Å²) in [6.45, 7) is 3.56. The number of piperidine rings is 1. The van der Waals surface area contributed by atoms with Gasteiger partial charge in [-0.15, -0.1) is 0 Å². The minimum absolute atomic E-state index is 0.854. The molecule has 0 amide bonds. The highest BCUT2D eigenvalue weighted by atomic mass is 14.9. The Bertz CT molecular complexity index is 161. The Morgan fingerprint density at radius 2 is 1.39 bits per heavy atom. The molecule has 0 aromatic heterocycles. The van der Waals surface area contributed by atoms with E-state index in [-0.39, 0.29) is 0 Å². The summed E-state index contributed by atoms with van der Waals surface area (Å²) in [5.41, 5.74) is 0. The molecule has 1 N–H and O–H groups in total. The molecular weight excluding hydrogens is 218 g/mol. The summed E-state index contributed by atoms with van der Waals surface area (Å²) in [6.07, 6.45) is 20.3. The van der Waals surface area contributed by atoms with Crippen molar-refractivity contribution in [2.45, 2.75) is 103 Å². The van der Waals surface area contributed by atoms with Gasteiger partial charge in [-0.25, -0.2) is 0 Å². The summed E-state index contributed by atoms with van der Waals surface area (Å²) in [4.78, 5) is 0. The summed E-state index contributed by atoms with van der Waals surface area (Å²) < 4.78 is 0. The van der Waals surface area contributed by atoms with E-state index in [0.29, 0.717) is 0 Å². The molecule has 1 rings (SSSR count). The fourth-order valence-electron chi connectivity index (χ4n) is 3.05. The van der Waals surface area contributed by atoms with E-state index in [0.717, 1.165) is 6.04 Å². The molecule has 0 aromatic rings. The first kappa shape index (κ1) is 16.0. The highest BCUT2D eigenvalue weighted by Gasteiger charge is 2.11. The molecule has 0 bridgehead atoms. The molecule has 1 atom stereocenters. The Morgan fingerprint density at radius 1 is 0.778 bits per heavy atom. The Labute approximate surface area is 115 Å². The van der Waals surface area contributed by atoms with Gasteiger partial charge in [0.1, 0.15) is 0 Å². The van der Waals surface area contributed by atoms with Gasteiger partial charge in [0.15, 0.2) is 0 Å². The van der Waals surface area contributed by atoms with Crippen LogP contribution in [0, 0.1) is 0 Å². The van der Waals surface area contributed by atoms with Crippen LogP contribution >= 0.6 is 0 Å². The maximum Gasteiger partial charge on any atom is 0.00670 e. The van der Waals surface area contributed by atoms with Gasteiger partial charge in [0.05, 0.1) is 0 Å². The van der Waals surface area contributed by atoms with Crippen LogP contribution in [-0.4, -0.2) is 12.6 Å². The SMILES string of the molecule is CCCCCCCCCCCCC1CCCCN1. The quantitative estimate of drug-likeness (QED) is 0.483. The zero-order valence-corrected chi connectivity index (χ0v) is 12.7. The molecule has 0 saturated carbocycles. The van der Waals surface area contributed by atoms with Crippen LogP contribution in [0.5, 0.6) is 0 Å². The van der Waals surface area contributed by atoms with Crippen LogP contribution in [0.2, 0.25) is 0 Å². The van der Waals surface area contributed by atoms with E-state index in [1.54, 1.807) is 0 Å². The largest absolute Gasteiger partial charge is 0.314 e. The van der Waals surface area contributed by atoms with Crippen LogP contribution in [0.15, 0.2) is 0 Å². The van der Waals surface area contributed by atoms with Crippen molar-refractivity contribution in [2.75, 3.05) is 6.54 Å². The lowest BCUT2D eigenvalue weighted by Gasteiger charge is -2.23. The molecule has 0 radical (unpaired) electrons. The van der Waals surface area contributed by atoms with E-state index in [9.17, 15) is 0 Å². The van der Waals surface area contributed by atoms with E-state index in [2.05, 4.69) is 12.2 Å². The van der Waals surface area contributed by atoms with Crippen molar-refractivity contribution in [1.29, 1.82) is 0 Å². The summed E-state index contributed by atoms with van der Waals surface area (Å²) in [7, 11) is 0. The predicted molar refractivity (Wildman–Crippen MR) is 82.1 cm³/mol. The molecule has 1 aliphatic rings. The van der Waals surface area contributed by atoms with Crippen molar-refractivity contribution >= 4 is 0 Å². The van der Waals surface area contributed by atoms with Crippen LogP contribution in [0.4, 0.5) is 0 Å². The summed E-state index contributed by atoms with van der Waals surface area (Å²) >= 11 is 0. The Kier molecular flexibility index (Phi) is 10.7. The summed E-state index contributed by atoms with van der Waals surface area (Å²) in [6, 6.07) is 0.854. The molecule has 108 valence electrons. The van der Waals surface area contributed by atoms with Gasteiger partial charge in [-0.05, 0) is 25.8 Å². The molecule has 1 heterocycles. The number of unbranched alkanes of at least 4 members (excludes halogenated alkanes) is 9. The number of hydrogen-bond acceptors (Lipinski definition) is 1. The molecule has 1 fully saturated rings. The first-order valence-electron chi connectivity index (χ1n) is 8.67. The van der Waals surface area contributed by atoms with Gasteiger partial charge in [-0.1, -0.05) is 77.6 Å². The molecule has 0 spiro atoms. The van der Waals surface area contributed by atoms with Gasteiger partial charge in [0.2, 0.25) is 0 Å². The highest BCUT2D eigenvalue weighted by Crippen LogP contribution is 2.15. The van der Waals surface area contributed by atoms with E-state index in [4.69, 9.17) is 0 Å². The highest BCUT2D eigenvalue weighted by molar-refractivity contribution is 4.71. The van der Waals surface area contributed by atoms with Crippen molar-refractivity contribution in [3.63, 3.8) is 0 Å². The van der Waals surface area contributed by atoms with Crippen molar-refractivity contribution < 1.29 is 0 Å². The molecule has 0 aromatic carbocycles. The summed E-state index contributed by atoms with van der Waals surface area (Å²) in [5, 5.41) is 3.65. The van der Waals surface area contributed by atoms with Crippen molar-refractivity contribution in [2.24, 2.45) is 0 Å². The molecule has 1 unspecified atom stereocenters. The van der Waals surface area contributed by atoms with E-state index in [1.807, 2.05) is 0 Å². The maximum atomic E-state index is 3.65. The first-order chi connectivity index (χ1) is 8.93. The Balaban J connectivity index is 1.73. The Hall–Kier alpha value is -0.0400. The second-order valence-electron chi connectivity index (χ2n) is 6.12. The van der Waals surface area contributed by atoms with E-state index >= 15 is 0 Å². The third kappa shape index (κ3) is 8.97. The molecular formula is C17H35N. The average molecular weight is 253 g/mol. The third-order valence-electron chi connectivity index (χ3n) is 4.32. The number of rotatable bonds is 11. The zero-order valence-electron chi connectivity index (χ0n) is 12.7. The molecule has 0 aliphatic carbocycles. The molecule has 1 aliphatic heterocycles. The van der Waals surface area contributed by atoms with Crippen molar-refractivity contribution in [3.05, 3.63) is 0 Å². The van der Waals surface area contributed by atoms with Crippen molar-refractivity contribution in [3.8, 4) is 0 Å². The van der Waals surface area contributed by atoms with E-state index < -0.39 is 0 Å². The second kappa shape index (κ2) is 12.0. The normalized spacial score (nSPS) is 20.2. The monoisotopic (exact) mass is 253 g/mol. The molecule has 1 heteroatoms. The van der Waals surface area contributed by atoms with Gasteiger partial charge >= 0.3 is 0 Å². The lowest BCUT2D eigenvalue weighted by atomic mass is 9.98. The minimum atomic E-state index is 0.854. The second-order valence-corrected chi connectivity index (χ2v) is 6.12. The van der Waals surface area contributed by atoms with Crippen molar-refractivity contribution in [1.82, 2.24) is 5.32 Å².